The summed E-state index contributed by atoms with van der Waals surface area (Å²) in [4.78, 5) is 12.5. The van der Waals surface area contributed by atoms with Crippen LogP contribution in [0.2, 0.25) is 0 Å². The van der Waals surface area contributed by atoms with Gasteiger partial charge in [-0.2, -0.15) is 13.5 Å². The molecule has 0 aliphatic heterocycles. The summed E-state index contributed by atoms with van der Waals surface area (Å²) in [6.07, 6.45) is -0.0996. The largest absolute Gasteiger partial charge is 0.390 e. The molecule has 0 spiro atoms. The Morgan fingerprint density at radius 2 is 1.89 bits per heavy atom. The van der Waals surface area contributed by atoms with Crippen molar-refractivity contribution >= 4 is 31.8 Å². The van der Waals surface area contributed by atoms with Gasteiger partial charge >= 0.3 is 0 Å². The van der Waals surface area contributed by atoms with Gasteiger partial charge in [-0.3, -0.25) is 4.79 Å². The minimum absolute atomic E-state index is 0. The number of aliphatic hydroxyl groups excluding tert-OH is 1. The Hall–Kier alpha value is -0.750. The maximum atomic E-state index is 11.0. The van der Waals surface area contributed by atoms with E-state index in [1.807, 2.05) is 30.3 Å². The molecule has 0 unspecified atom stereocenters. The highest BCUT2D eigenvalue weighted by atomic mass is 35.5. The van der Waals surface area contributed by atoms with E-state index in [4.69, 9.17) is 5.73 Å². The van der Waals surface area contributed by atoms with Crippen molar-refractivity contribution in [1.82, 2.24) is 4.90 Å². The van der Waals surface area contributed by atoms with Crippen LogP contribution in [0.15, 0.2) is 30.3 Å². The van der Waals surface area contributed by atoms with E-state index in [0.29, 0.717) is 6.42 Å². The lowest BCUT2D eigenvalue weighted by atomic mass is 10.0. The first-order chi connectivity index (χ1) is 8.00. The van der Waals surface area contributed by atoms with Crippen LogP contribution in [0.3, 0.4) is 0 Å². The van der Waals surface area contributed by atoms with E-state index < -0.39 is 6.10 Å². The lowest BCUT2D eigenvalue weighted by Crippen LogP contribution is -2.44. The molecule has 6 heteroatoms. The molecular formula is C13H23ClN2O2S. The molecule has 3 N–H and O–H groups in total. The summed E-state index contributed by atoms with van der Waals surface area (Å²) in [6.45, 7) is 1.73. The van der Waals surface area contributed by atoms with E-state index in [9.17, 15) is 9.90 Å². The molecule has 0 saturated carbocycles. The van der Waals surface area contributed by atoms with Crippen LogP contribution in [0, 0.1) is 0 Å². The molecule has 1 aromatic carbocycles. The minimum Gasteiger partial charge on any atom is -0.390 e. The van der Waals surface area contributed by atoms with E-state index >= 15 is 0 Å². The molecule has 0 saturated heterocycles. The highest BCUT2D eigenvalue weighted by Crippen LogP contribution is 2.05. The van der Waals surface area contributed by atoms with Crippen molar-refractivity contribution in [2.45, 2.75) is 25.5 Å². The summed E-state index contributed by atoms with van der Waals surface area (Å²) in [5, 5.41) is 9.88. The molecule has 0 aliphatic carbocycles. The van der Waals surface area contributed by atoms with Gasteiger partial charge in [-0.1, -0.05) is 30.3 Å². The maximum Gasteiger partial charge on any atom is 0.219 e. The highest BCUT2D eigenvalue weighted by molar-refractivity contribution is 7.59. The first kappa shape index (κ1) is 20.6. The number of halogens is 1. The number of nitrogens with two attached hydrogens (primary N) is 1. The van der Waals surface area contributed by atoms with Crippen LogP contribution in [0.1, 0.15) is 12.5 Å². The van der Waals surface area contributed by atoms with Gasteiger partial charge in [0.2, 0.25) is 5.91 Å². The average molecular weight is 307 g/mol. The predicted octanol–water partition coefficient (Wildman–Crippen LogP) is 0.930. The second kappa shape index (κ2) is 10.1. The van der Waals surface area contributed by atoms with Gasteiger partial charge in [0.05, 0.1) is 6.10 Å². The number of hydrogen-bond acceptors (Lipinski definition) is 3. The Labute approximate surface area is 127 Å². The third kappa shape index (κ3) is 7.42. The molecule has 110 valence electrons. The second-order valence-electron chi connectivity index (χ2n) is 4.32. The first-order valence-corrected chi connectivity index (χ1v) is 5.70. The monoisotopic (exact) mass is 306 g/mol. The topological polar surface area (TPSA) is 66.6 Å². The van der Waals surface area contributed by atoms with Crippen LogP contribution in [-0.2, 0) is 11.2 Å². The molecule has 0 aliphatic rings. The molecule has 4 nitrogen and oxygen atoms in total. The van der Waals surface area contributed by atoms with E-state index in [2.05, 4.69) is 0 Å². The molecule has 0 aromatic heterocycles. The van der Waals surface area contributed by atoms with Gasteiger partial charge < -0.3 is 15.7 Å². The fraction of sp³-hybridized carbons (Fsp3) is 0.462. The number of hydrogen-bond donors (Lipinski definition) is 2. The van der Waals surface area contributed by atoms with Gasteiger partial charge in [-0.25, -0.2) is 0 Å². The summed E-state index contributed by atoms with van der Waals surface area (Å²) in [5.41, 5.74) is 7.00. The van der Waals surface area contributed by atoms with Crippen molar-refractivity contribution in [3.8, 4) is 0 Å². The third-order valence-electron chi connectivity index (χ3n) is 2.81. The fourth-order valence-electron chi connectivity index (χ4n) is 1.57. The van der Waals surface area contributed by atoms with E-state index in [0.717, 1.165) is 5.56 Å². The average Bonchev–Trinajstić information content (AvgIpc) is 2.29. The van der Waals surface area contributed by atoms with Crippen LogP contribution in [0.4, 0.5) is 0 Å². The Balaban J connectivity index is 0. The number of amides is 1. The number of benzene rings is 1. The van der Waals surface area contributed by atoms with Crippen LogP contribution in [0.5, 0.6) is 0 Å². The maximum absolute atomic E-state index is 11.0. The fourth-order valence-corrected chi connectivity index (χ4v) is 1.57. The van der Waals surface area contributed by atoms with Crippen molar-refractivity contribution in [3.05, 3.63) is 35.9 Å². The first-order valence-electron chi connectivity index (χ1n) is 5.70. The standard InChI is InChI=1S/C13H20N2O2.ClH.H2S/c1-10(16)15(2)9-13(17)12(14)8-11-6-4-3-5-7-11;;/h3-7,12-13,17H,8-9,14H2,1-2H3;1H;1H2/t12-,13+;;/m1../s1. The van der Waals surface area contributed by atoms with Crippen LogP contribution >= 0.6 is 25.9 Å². The Morgan fingerprint density at radius 1 is 1.37 bits per heavy atom. The number of carbonyl (C=O) groups excluding carboxylic acids is 1. The number of nitrogens with zero attached hydrogens (tertiary/aromatic N) is 1. The summed E-state index contributed by atoms with van der Waals surface area (Å²) < 4.78 is 0. The van der Waals surface area contributed by atoms with Gasteiger partial charge in [0.25, 0.3) is 0 Å². The molecular weight excluding hydrogens is 284 g/mol. The summed E-state index contributed by atoms with van der Waals surface area (Å²) in [5.74, 6) is -0.0732. The van der Waals surface area contributed by atoms with Crippen LogP contribution < -0.4 is 5.73 Å². The molecule has 1 amide bonds. The second-order valence-corrected chi connectivity index (χ2v) is 4.32. The van der Waals surface area contributed by atoms with Crippen molar-refractivity contribution in [3.63, 3.8) is 0 Å². The van der Waals surface area contributed by atoms with Crippen molar-refractivity contribution in [1.29, 1.82) is 0 Å². The lowest BCUT2D eigenvalue weighted by Gasteiger charge is -2.24. The Kier molecular flexibility index (Phi) is 10.9. The zero-order valence-corrected chi connectivity index (χ0v) is 13.1. The quantitative estimate of drug-likeness (QED) is 0.850. The smallest absolute Gasteiger partial charge is 0.219 e. The molecule has 2 atom stereocenters. The highest BCUT2D eigenvalue weighted by Gasteiger charge is 2.18. The van der Waals surface area contributed by atoms with Crippen LogP contribution in [-0.4, -0.2) is 41.7 Å². The number of rotatable bonds is 5. The minimum atomic E-state index is -0.705. The molecule has 0 fully saturated rings. The lowest BCUT2D eigenvalue weighted by molar-refractivity contribution is -0.128. The van der Waals surface area contributed by atoms with Gasteiger partial charge in [-0.15, -0.1) is 12.4 Å². The number of aliphatic hydroxyl groups is 1. The van der Waals surface area contributed by atoms with Gasteiger partial charge in [-0.05, 0) is 12.0 Å². The van der Waals surface area contributed by atoms with Crippen molar-refractivity contribution in [2.24, 2.45) is 5.73 Å². The van der Waals surface area contributed by atoms with E-state index in [1.54, 1.807) is 7.05 Å². The normalized spacial score (nSPS) is 12.6. The van der Waals surface area contributed by atoms with E-state index in [-0.39, 0.29) is 44.4 Å². The third-order valence-corrected chi connectivity index (χ3v) is 2.81. The van der Waals surface area contributed by atoms with Gasteiger partial charge in [0.15, 0.2) is 0 Å². The zero-order chi connectivity index (χ0) is 12.8. The SMILES string of the molecule is CC(=O)N(C)C[C@H](O)[C@H](N)Cc1ccccc1.Cl.S. The molecule has 0 heterocycles. The summed E-state index contributed by atoms with van der Waals surface area (Å²) in [7, 11) is 1.65. The molecule has 1 rings (SSSR count). The Morgan fingerprint density at radius 3 is 2.37 bits per heavy atom. The van der Waals surface area contributed by atoms with Crippen LogP contribution in [0.25, 0.3) is 0 Å². The van der Waals surface area contributed by atoms with Gasteiger partial charge in [0.1, 0.15) is 0 Å². The summed E-state index contributed by atoms with van der Waals surface area (Å²) >= 11 is 0. The van der Waals surface area contributed by atoms with Crippen molar-refractivity contribution in [2.75, 3.05) is 13.6 Å². The Bertz CT molecular complexity index is 365. The zero-order valence-electron chi connectivity index (χ0n) is 11.2. The number of carbonyl (C=O) groups is 1. The van der Waals surface area contributed by atoms with Crippen molar-refractivity contribution < 1.29 is 9.90 Å². The van der Waals surface area contributed by atoms with E-state index in [1.165, 1.54) is 11.8 Å². The molecule has 0 bridgehead atoms. The molecule has 0 radical (unpaired) electrons. The number of likely N-dealkylation sites (N-methyl/N-ethyl adjacent to an activating group) is 1. The molecule has 19 heavy (non-hydrogen) atoms. The molecule has 1 aromatic rings. The van der Waals surface area contributed by atoms with Gasteiger partial charge in [0, 0.05) is 26.6 Å². The predicted molar refractivity (Wildman–Crippen MR) is 85.1 cm³/mol. The summed E-state index contributed by atoms with van der Waals surface area (Å²) in [6, 6.07) is 9.41.